The lowest BCUT2D eigenvalue weighted by molar-refractivity contribution is 0.0713. The number of hydrogen-bond donors (Lipinski definition) is 2. The summed E-state index contributed by atoms with van der Waals surface area (Å²) in [6, 6.07) is 11.7. The summed E-state index contributed by atoms with van der Waals surface area (Å²) in [5.41, 5.74) is 4.87. The molecule has 7 heteroatoms. The van der Waals surface area contributed by atoms with Gasteiger partial charge in [-0.2, -0.15) is 5.10 Å². The molecule has 1 amide bonds. The summed E-state index contributed by atoms with van der Waals surface area (Å²) in [6.45, 7) is 1.81. The van der Waals surface area contributed by atoms with Gasteiger partial charge in [0.1, 0.15) is 5.69 Å². The topological polar surface area (TPSA) is 80.0 Å². The zero-order chi connectivity index (χ0) is 22.0. The van der Waals surface area contributed by atoms with Gasteiger partial charge in [0.05, 0.1) is 28.6 Å². The molecule has 31 heavy (non-hydrogen) atoms. The zero-order valence-electron chi connectivity index (χ0n) is 17.8. The van der Waals surface area contributed by atoms with Crippen LogP contribution in [-0.2, 0) is 13.5 Å². The van der Waals surface area contributed by atoms with Gasteiger partial charge >= 0.3 is 0 Å². The summed E-state index contributed by atoms with van der Waals surface area (Å²) >= 11 is 6.52. The molecule has 0 saturated heterocycles. The van der Waals surface area contributed by atoms with Crippen molar-refractivity contribution in [2.24, 2.45) is 7.05 Å². The molecule has 0 spiro atoms. The minimum atomic E-state index is -0.497. The third kappa shape index (κ3) is 4.97. The van der Waals surface area contributed by atoms with Crippen LogP contribution in [0.5, 0.6) is 0 Å². The largest absolute Gasteiger partial charge is 0.391 e. The highest BCUT2D eigenvalue weighted by Crippen LogP contribution is 2.25. The number of benzene rings is 1. The quantitative estimate of drug-likeness (QED) is 0.629. The standard InChI is InChI=1S/C24H27ClN4O2/c1-15-23(25)18(13-16-7-9-17(10-8-16)19-11-12-29(2)28-19)14-21(26-15)24(31)27-20-5-3-4-6-22(20)30/h7-12,14,20,22,30H,3-6,13H2,1-2H3,(H,27,31)/t20-,22-/m0/s1. The first-order chi connectivity index (χ1) is 14.9. The third-order valence-corrected chi connectivity index (χ3v) is 6.35. The van der Waals surface area contributed by atoms with Gasteiger partial charge in [0.15, 0.2) is 0 Å². The number of aryl methyl sites for hydroxylation is 2. The molecule has 1 aliphatic carbocycles. The molecule has 0 aliphatic heterocycles. The SMILES string of the molecule is Cc1nc(C(=O)N[C@H]2CCCC[C@@H]2O)cc(Cc2ccc(-c3ccn(C)n3)cc2)c1Cl. The second kappa shape index (κ2) is 9.20. The lowest BCUT2D eigenvalue weighted by atomic mass is 9.92. The van der Waals surface area contributed by atoms with Crippen LogP contribution in [0.25, 0.3) is 11.3 Å². The molecule has 2 aromatic heterocycles. The number of amides is 1. The fourth-order valence-corrected chi connectivity index (χ4v) is 4.24. The van der Waals surface area contributed by atoms with E-state index >= 15 is 0 Å². The van der Waals surface area contributed by atoms with Gasteiger partial charge in [0.25, 0.3) is 5.91 Å². The van der Waals surface area contributed by atoms with Gasteiger partial charge in [0, 0.05) is 18.8 Å². The number of rotatable bonds is 5. The number of hydrogen-bond acceptors (Lipinski definition) is 4. The monoisotopic (exact) mass is 438 g/mol. The molecular weight excluding hydrogens is 412 g/mol. The smallest absolute Gasteiger partial charge is 0.270 e. The molecule has 3 aromatic rings. The third-order valence-electron chi connectivity index (χ3n) is 5.84. The summed E-state index contributed by atoms with van der Waals surface area (Å²) in [7, 11) is 1.90. The van der Waals surface area contributed by atoms with Gasteiger partial charge in [-0.05, 0) is 49.4 Å². The zero-order valence-corrected chi connectivity index (χ0v) is 18.6. The minimum Gasteiger partial charge on any atom is -0.391 e. The molecule has 0 bridgehead atoms. The number of aliphatic hydroxyl groups is 1. The van der Waals surface area contributed by atoms with Crippen LogP contribution in [0.4, 0.5) is 0 Å². The first-order valence-electron chi connectivity index (χ1n) is 10.6. The molecule has 2 atom stereocenters. The van der Waals surface area contributed by atoms with Gasteiger partial charge < -0.3 is 10.4 Å². The molecular formula is C24H27ClN4O2. The van der Waals surface area contributed by atoms with E-state index in [4.69, 9.17) is 11.6 Å². The molecule has 0 radical (unpaired) electrons. The number of nitrogens with zero attached hydrogens (tertiary/aromatic N) is 3. The van der Waals surface area contributed by atoms with Crippen molar-refractivity contribution in [2.45, 2.75) is 51.2 Å². The number of halogens is 1. The summed E-state index contributed by atoms with van der Waals surface area (Å²) < 4.78 is 1.78. The van der Waals surface area contributed by atoms with E-state index in [-0.39, 0.29) is 11.9 Å². The Labute approximate surface area is 187 Å². The maximum atomic E-state index is 12.8. The first kappa shape index (κ1) is 21.5. The molecule has 2 N–H and O–H groups in total. The summed E-state index contributed by atoms with van der Waals surface area (Å²) in [5, 5.41) is 18.1. The van der Waals surface area contributed by atoms with Crippen molar-refractivity contribution in [1.29, 1.82) is 0 Å². The van der Waals surface area contributed by atoms with Crippen molar-refractivity contribution in [3.05, 3.63) is 70.1 Å². The fraction of sp³-hybridized carbons (Fsp3) is 0.375. The Bertz CT molecular complexity index is 1080. The summed E-state index contributed by atoms with van der Waals surface area (Å²) in [6.07, 6.45) is 5.53. The Morgan fingerprint density at radius 3 is 2.65 bits per heavy atom. The highest BCUT2D eigenvalue weighted by Gasteiger charge is 2.25. The van der Waals surface area contributed by atoms with Crippen LogP contribution in [0.15, 0.2) is 42.6 Å². The van der Waals surface area contributed by atoms with Crippen molar-refractivity contribution >= 4 is 17.5 Å². The highest BCUT2D eigenvalue weighted by atomic mass is 35.5. The number of aliphatic hydroxyl groups excluding tert-OH is 1. The van der Waals surface area contributed by atoms with Crippen LogP contribution in [0.1, 0.15) is 53.0 Å². The Kier molecular flexibility index (Phi) is 6.39. The van der Waals surface area contributed by atoms with Gasteiger partial charge in [0.2, 0.25) is 0 Å². The Balaban J connectivity index is 1.51. The predicted molar refractivity (Wildman–Crippen MR) is 121 cm³/mol. The van der Waals surface area contributed by atoms with E-state index in [2.05, 4.69) is 15.4 Å². The molecule has 162 valence electrons. The molecule has 1 aromatic carbocycles. The van der Waals surface area contributed by atoms with Crippen molar-refractivity contribution in [2.75, 3.05) is 0 Å². The van der Waals surface area contributed by atoms with Crippen molar-refractivity contribution < 1.29 is 9.90 Å². The number of aromatic nitrogens is 3. The van der Waals surface area contributed by atoms with Crippen LogP contribution in [0.2, 0.25) is 5.02 Å². The Morgan fingerprint density at radius 2 is 1.97 bits per heavy atom. The van der Waals surface area contributed by atoms with E-state index in [1.165, 1.54) is 0 Å². The fourth-order valence-electron chi connectivity index (χ4n) is 4.07. The lowest BCUT2D eigenvalue weighted by Crippen LogP contribution is -2.45. The summed E-state index contributed by atoms with van der Waals surface area (Å²) in [4.78, 5) is 17.2. The van der Waals surface area contributed by atoms with Crippen LogP contribution in [0, 0.1) is 6.92 Å². The summed E-state index contributed by atoms with van der Waals surface area (Å²) in [5.74, 6) is -0.266. The second-order valence-corrected chi connectivity index (χ2v) is 8.62. The highest BCUT2D eigenvalue weighted by molar-refractivity contribution is 6.32. The average molecular weight is 439 g/mol. The second-order valence-electron chi connectivity index (χ2n) is 8.25. The van der Waals surface area contributed by atoms with Crippen LogP contribution < -0.4 is 5.32 Å². The normalized spacial score (nSPS) is 18.7. The van der Waals surface area contributed by atoms with E-state index in [1.54, 1.807) is 10.7 Å². The Morgan fingerprint density at radius 1 is 1.23 bits per heavy atom. The van der Waals surface area contributed by atoms with E-state index in [0.29, 0.717) is 22.8 Å². The van der Waals surface area contributed by atoms with E-state index in [0.717, 1.165) is 48.1 Å². The van der Waals surface area contributed by atoms with E-state index in [9.17, 15) is 9.90 Å². The number of carbonyl (C=O) groups is 1. The van der Waals surface area contributed by atoms with Crippen molar-refractivity contribution in [3.63, 3.8) is 0 Å². The van der Waals surface area contributed by atoms with Gasteiger partial charge in [-0.1, -0.05) is 48.7 Å². The van der Waals surface area contributed by atoms with Crippen LogP contribution >= 0.6 is 11.6 Å². The first-order valence-corrected chi connectivity index (χ1v) is 11.0. The number of pyridine rings is 1. The van der Waals surface area contributed by atoms with Gasteiger partial charge in [-0.25, -0.2) is 4.98 Å². The molecule has 4 rings (SSSR count). The molecule has 1 aliphatic rings. The maximum Gasteiger partial charge on any atom is 0.270 e. The predicted octanol–water partition coefficient (Wildman–Crippen LogP) is 4.07. The number of nitrogens with one attached hydrogen (secondary N) is 1. The maximum absolute atomic E-state index is 12.8. The average Bonchev–Trinajstić information content (AvgIpc) is 3.19. The molecule has 1 fully saturated rings. The minimum absolute atomic E-state index is 0.221. The molecule has 2 heterocycles. The van der Waals surface area contributed by atoms with Crippen LogP contribution in [0.3, 0.4) is 0 Å². The van der Waals surface area contributed by atoms with Crippen LogP contribution in [-0.4, -0.2) is 37.9 Å². The van der Waals surface area contributed by atoms with Gasteiger partial charge in [-0.3, -0.25) is 9.48 Å². The van der Waals surface area contributed by atoms with E-state index in [1.807, 2.05) is 50.5 Å². The molecule has 1 saturated carbocycles. The van der Waals surface area contributed by atoms with Gasteiger partial charge in [-0.15, -0.1) is 0 Å². The number of carbonyl (C=O) groups excluding carboxylic acids is 1. The van der Waals surface area contributed by atoms with Crippen molar-refractivity contribution in [1.82, 2.24) is 20.1 Å². The lowest BCUT2D eigenvalue weighted by Gasteiger charge is -2.28. The molecule has 6 nitrogen and oxygen atoms in total. The van der Waals surface area contributed by atoms with Crippen molar-refractivity contribution in [3.8, 4) is 11.3 Å². The Hall–Kier alpha value is -2.70. The van der Waals surface area contributed by atoms with E-state index < -0.39 is 6.10 Å². The molecule has 0 unspecified atom stereocenters.